The third-order valence-electron chi connectivity index (χ3n) is 15.5. The third-order valence-corrected chi connectivity index (χ3v) is 15.5. The average molecular weight is 956 g/mol. The van der Waals surface area contributed by atoms with Crippen LogP contribution < -0.4 is 9.80 Å². The molecule has 0 radical (unpaired) electrons. The Morgan fingerprint density at radius 1 is 0.293 bits per heavy atom. The number of rotatable bonds is 9. The fourth-order valence-corrected chi connectivity index (χ4v) is 12.0. The molecular weight excluding hydrogens is 911 g/mol. The van der Waals surface area contributed by atoms with Crippen molar-refractivity contribution in [3.63, 3.8) is 0 Å². The number of hydrogen-bond donors (Lipinski definition) is 0. The van der Waals surface area contributed by atoms with Gasteiger partial charge in [0.05, 0.1) is 11.2 Å². The molecule has 5 nitrogen and oxygen atoms in total. The van der Waals surface area contributed by atoms with Crippen molar-refractivity contribution >= 4 is 66.7 Å². The predicted molar refractivity (Wildman–Crippen MR) is 312 cm³/mol. The molecule has 75 heavy (non-hydrogen) atoms. The average Bonchev–Trinajstić information content (AvgIpc) is 4.05. The number of para-hydroxylation sites is 1. The number of aromatic nitrogens is 3. The van der Waals surface area contributed by atoms with Gasteiger partial charge < -0.3 is 4.90 Å². The highest BCUT2D eigenvalue weighted by atomic mass is 15.2. The summed E-state index contributed by atoms with van der Waals surface area (Å²) in [6, 6.07) is 83.9. The zero-order chi connectivity index (χ0) is 49.6. The van der Waals surface area contributed by atoms with Crippen LogP contribution in [-0.4, -0.2) is 15.0 Å². The van der Waals surface area contributed by atoms with Crippen molar-refractivity contribution in [1.29, 1.82) is 0 Å². The molecular formula is C70H45N5. The Labute approximate surface area is 435 Å². The first-order valence-electron chi connectivity index (χ1n) is 25.6. The van der Waals surface area contributed by atoms with E-state index in [0.29, 0.717) is 0 Å². The van der Waals surface area contributed by atoms with Crippen molar-refractivity contribution < 1.29 is 0 Å². The molecule has 0 N–H and O–H groups in total. The molecule has 3 heterocycles. The molecule has 0 saturated carbocycles. The van der Waals surface area contributed by atoms with Gasteiger partial charge in [-0.3, -0.25) is 14.9 Å². The van der Waals surface area contributed by atoms with Gasteiger partial charge in [-0.15, -0.1) is 0 Å². The normalized spacial score (nSPS) is 11.8. The fraction of sp³-hybridized carbons (Fsp3) is 0.0143. The molecule has 0 saturated heterocycles. The Kier molecular flexibility index (Phi) is 9.72. The van der Waals surface area contributed by atoms with Crippen LogP contribution in [0.4, 0.5) is 34.3 Å². The summed E-state index contributed by atoms with van der Waals surface area (Å²) in [6.45, 7) is 2.21. The lowest BCUT2D eigenvalue weighted by Crippen LogP contribution is -2.12. The zero-order valence-electron chi connectivity index (χ0n) is 41.0. The maximum Gasteiger partial charge on any atom is 0.137 e. The van der Waals surface area contributed by atoms with Crippen molar-refractivity contribution in [2.24, 2.45) is 0 Å². The highest BCUT2D eigenvalue weighted by molar-refractivity contribution is 6.20. The minimum Gasteiger partial charge on any atom is -0.310 e. The van der Waals surface area contributed by atoms with Gasteiger partial charge >= 0.3 is 0 Å². The number of fused-ring (bicyclic) bond motifs is 7. The lowest BCUT2D eigenvalue weighted by molar-refractivity contribution is 1.18. The van der Waals surface area contributed by atoms with E-state index in [-0.39, 0.29) is 0 Å². The van der Waals surface area contributed by atoms with Crippen LogP contribution >= 0.6 is 0 Å². The highest BCUT2D eigenvalue weighted by Gasteiger charge is 2.26. The van der Waals surface area contributed by atoms with Crippen molar-refractivity contribution in [3.05, 3.63) is 261 Å². The van der Waals surface area contributed by atoms with E-state index in [1.165, 1.54) is 93.9 Å². The van der Waals surface area contributed by atoms with Gasteiger partial charge in [-0.05, 0) is 185 Å². The largest absolute Gasteiger partial charge is 0.310 e. The summed E-state index contributed by atoms with van der Waals surface area (Å²) < 4.78 is 0. The summed E-state index contributed by atoms with van der Waals surface area (Å²) in [5.41, 5.74) is 24.9. The van der Waals surface area contributed by atoms with Crippen LogP contribution in [0.25, 0.3) is 110 Å². The molecule has 0 fully saturated rings. The number of hydrogen-bond acceptors (Lipinski definition) is 5. The first-order chi connectivity index (χ1) is 37.1. The van der Waals surface area contributed by atoms with Gasteiger partial charge in [-0.1, -0.05) is 158 Å². The molecule has 13 aromatic rings. The van der Waals surface area contributed by atoms with Crippen molar-refractivity contribution in [3.8, 4) is 77.9 Å². The molecule has 5 heteroatoms. The first-order valence-corrected chi connectivity index (χ1v) is 25.6. The van der Waals surface area contributed by atoms with E-state index in [0.717, 1.165) is 56.3 Å². The van der Waals surface area contributed by atoms with Gasteiger partial charge in [0.15, 0.2) is 0 Å². The molecule has 3 aromatic heterocycles. The van der Waals surface area contributed by atoms with Crippen LogP contribution in [0.15, 0.2) is 255 Å². The van der Waals surface area contributed by atoms with Gasteiger partial charge in [-0.25, -0.2) is 4.98 Å². The van der Waals surface area contributed by atoms with Gasteiger partial charge in [-0.2, -0.15) is 0 Å². The number of benzene rings is 10. The van der Waals surface area contributed by atoms with E-state index in [1.807, 2.05) is 43.0 Å². The summed E-state index contributed by atoms with van der Waals surface area (Å²) in [7, 11) is 0. The van der Waals surface area contributed by atoms with Crippen LogP contribution in [0.1, 0.15) is 5.56 Å². The van der Waals surface area contributed by atoms with E-state index >= 15 is 0 Å². The summed E-state index contributed by atoms with van der Waals surface area (Å²) in [5, 5.41) is 6.23. The molecule has 2 aliphatic rings. The minimum atomic E-state index is 0.846. The fourth-order valence-electron chi connectivity index (χ4n) is 12.0. The Morgan fingerprint density at radius 2 is 0.800 bits per heavy atom. The highest BCUT2D eigenvalue weighted by Crippen LogP contribution is 2.52. The maximum absolute atomic E-state index is 4.80. The molecule has 0 atom stereocenters. The molecule has 350 valence electrons. The van der Waals surface area contributed by atoms with Crippen molar-refractivity contribution in [2.75, 3.05) is 9.80 Å². The van der Waals surface area contributed by atoms with E-state index < -0.39 is 0 Å². The zero-order valence-corrected chi connectivity index (χ0v) is 41.0. The first kappa shape index (κ1) is 42.7. The van der Waals surface area contributed by atoms with Gasteiger partial charge in [0.25, 0.3) is 0 Å². The standard InChI is InChI=1S/C70H45N5/c1-44-19-20-48(43-67(44)74(51-35-39-71-40-36-51)49-26-21-45(22-27-49)52-31-33-61-55-11-3-2-10-54(55)59-15-8-13-57(52)69(59)61)47-25-30-56-62-34-32-53(58-14-9-16-60(70(58)62)64(56)42-47)46-23-28-50(29-24-46)75(68-18-6-7-38-73-68)66-37-41-72-65-17-5-4-12-63(65)66/h2-43H,1H3. The molecule has 0 aliphatic heterocycles. The van der Waals surface area contributed by atoms with Crippen LogP contribution in [-0.2, 0) is 0 Å². The Morgan fingerprint density at radius 3 is 1.48 bits per heavy atom. The van der Waals surface area contributed by atoms with E-state index in [9.17, 15) is 0 Å². The van der Waals surface area contributed by atoms with Gasteiger partial charge in [0, 0.05) is 52.9 Å². The Balaban J connectivity index is 0.769. The number of nitrogens with zero attached hydrogens (tertiary/aromatic N) is 5. The van der Waals surface area contributed by atoms with Crippen LogP contribution in [0.3, 0.4) is 0 Å². The third kappa shape index (κ3) is 6.82. The van der Waals surface area contributed by atoms with E-state index in [4.69, 9.17) is 4.98 Å². The van der Waals surface area contributed by atoms with Gasteiger partial charge in [0.2, 0.25) is 0 Å². The molecule has 0 bridgehead atoms. The van der Waals surface area contributed by atoms with Gasteiger partial charge in [0.1, 0.15) is 5.82 Å². The monoisotopic (exact) mass is 955 g/mol. The second kappa shape index (κ2) is 17.1. The lowest BCUT2D eigenvalue weighted by Gasteiger charge is -2.28. The topological polar surface area (TPSA) is 45.2 Å². The molecule has 0 amide bonds. The van der Waals surface area contributed by atoms with Crippen LogP contribution in [0.5, 0.6) is 0 Å². The smallest absolute Gasteiger partial charge is 0.137 e. The molecule has 0 spiro atoms. The quantitative estimate of drug-likeness (QED) is 0.144. The molecule has 0 unspecified atom stereocenters. The Bertz CT molecular complexity index is 4380. The molecule has 10 aromatic carbocycles. The minimum absolute atomic E-state index is 0.846. The second-order valence-electron chi connectivity index (χ2n) is 19.6. The van der Waals surface area contributed by atoms with E-state index in [2.05, 4.69) is 239 Å². The maximum atomic E-state index is 4.80. The van der Waals surface area contributed by atoms with E-state index in [1.54, 1.807) is 0 Å². The lowest BCUT2D eigenvalue weighted by atomic mass is 9.94. The van der Waals surface area contributed by atoms with Crippen LogP contribution in [0, 0.1) is 6.92 Å². The number of pyridine rings is 3. The number of aryl methyl sites for hydroxylation is 1. The summed E-state index contributed by atoms with van der Waals surface area (Å²) >= 11 is 0. The molecule has 2 aliphatic carbocycles. The van der Waals surface area contributed by atoms with Crippen LogP contribution in [0.2, 0.25) is 0 Å². The Hall–Kier alpha value is -9.97. The number of anilines is 6. The van der Waals surface area contributed by atoms with Crippen molar-refractivity contribution in [1.82, 2.24) is 15.0 Å². The summed E-state index contributed by atoms with van der Waals surface area (Å²) in [4.78, 5) is 18.5. The van der Waals surface area contributed by atoms with Crippen molar-refractivity contribution in [2.45, 2.75) is 6.92 Å². The summed E-state index contributed by atoms with van der Waals surface area (Å²) in [6.07, 6.45) is 7.48. The second-order valence-corrected chi connectivity index (χ2v) is 19.6. The SMILES string of the molecule is Cc1ccc(-c2ccc3c(c2)-c2cccc4c(-c5ccc(N(c6ccccn6)c6ccnc7ccccc67)cc5)ccc-3c24)cc1N(c1ccncc1)c1ccc(-c2ccc3c4c(cccc24)-c2ccccc2-3)cc1. The molecule has 15 rings (SSSR count). The predicted octanol–water partition coefficient (Wildman–Crippen LogP) is 18.9. The summed E-state index contributed by atoms with van der Waals surface area (Å²) in [5.74, 6) is 0.846.